The number of Topliss-reactive ketones (excluding diaryl/α,β-unsaturated/α-hetero) is 1. The van der Waals surface area contributed by atoms with Crippen LogP contribution in [0.1, 0.15) is 33.8 Å². The number of carbonyl (C=O) groups excluding carboxylic acids is 1. The van der Waals surface area contributed by atoms with E-state index < -0.39 is 5.79 Å². The van der Waals surface area contributed by atoms with Crippen LogP contribution in [0, 0.1) is 0 Å². The summed E-state index contributed by atoms with van der Waals surface area (Å²) in [5.74, 6) is 1.02. The van der Waals surface area contributed by atoms with E-state index in [2.05, 4.69) is 0 Å². The van der Waals surface area contributed by atoms with Crippen molar-refractivity contribution in [1.82, 2.24) is 0 Å². The fourth-order valence-corrected chi connectivity index (χ4v) is 4.27. The number of ether oxygens (including phenoxy) is 6. The van der Waals surface area contributed by atoms with Gasteiger partial charge in [-0.1, -0.05) is 6.07 Å². The van der Waals surface area contributed by atoms with E-state index >= 15 is 0 Å². The van der Waals surface area contributed by atoms with Crippen molar-refractivity contribution in [2.45, 2.75) is 18.1 Å². The molecule has 1 atom stereocenters. The van der Waals surface area contributed by atoms with E-state index in [0.29, 0.717) is 47.3 Å². The van der Waals surface area contributed by atoms with E-state index in [1.54, 1.807) is 20.3 Å². The molecular weight excluding hydrogens is 364 g/mol. The summed E-state index contributed by atoms with van der Waals surface area (Å²) >= 11 is 0. The average molecular weight is 384 g/mol. The Morgan fingerprint density at radius 3 is 2.39 bits per heavy atom. The number of hydrogen-bond acceptors (Lipinski definition) is 7. The zero-order valence-corrected chi connectivity index (χ0v) is 15.7. The van der Waals surface area contributed by atoms with Gasteiger partial charge < -0.3 is 28.4 Å². The van der Waals surface area contributed by atoms with E-state index in [0.717, 1.165) is 5.56 Å². The molecule has 1 spiro atoms. The van der Waals surface area contributed by atoms with Crippen molar-refractivity contribution in [1.29, 1.82) is 0 Å². The van der Waals surface area contributed by atoms with Gasteiger partial charge in [0.05, 0.1) is 33.4 Å². The molecule has 0 amide bonds. The molecule has 3 aliphatic rings. The predicted octanol–water partition coefficient (Wildman–Crippen LogP) is 3.00. The lowest BCUT2D eigenvalue weighted by atomic mass is 9.74. The number of benzene rings is 2. The van der Waals surface area contributed by atoms with E-state index in [1.807, 2.05) is 24.3 Å². The Balaban J connectivity index is 1.67. The Morgan fingerprint density at radius 2 is 1.68 bits per heavy atom. The maximum Gasteiger partial charge on any atom is 0.231 e. The number of rotatable bonds is 3. The normalized spacial score (nSPS) is 21.6. The van der Waals surface area contributed by atoms with Gasteiger partial charge >= 0.3 is 0 Å². The molecule has 146 valence electrons. The van der Waals surface area contributed by atoms with Gasteiger partial charge in [-0.05, 0) is 29.8 Å². The van der Waals surface area contributed by atoms with Crippen molar-refractivity contribution >= 4 is 5.78 Å². The van der Waals surface area contributed by atoms with Gasteiger partial charge in [-0.15, -0.1) is 0 Å². The van der Waals surface area contributed by atoms with Crippen molar-refractivity contribution in [3.8, 4) is 23.0 Å². The van der Waals surface area contributed by atoms with Gasteiger partial charge in [-0.3, -0.25) is 4.79 Å². The molecule has 0 radical (unpaired) electrons. The molecule has 7 nitrogen and oxygen atoms in total. The first-order chi connectivity index (χ1) is 13.7. The number of carbonyl (C=O) groups is 1. The highest BCUT2D eigenvalue weighted by molar-refractivity contribution is 6.00. The van der Waals surface area contributed by atoms with Gasteiger partial charge in [0, 0.05) is 17.5 Å². The molecular formula is C21H20O7. The number of fused-ring (bicyclic) bond motifs is 3. The summed E-state index contributed by atoms with van der Waals surface area (Å²) in [4.78, 5) is 13.0. The molecule has 2 heterocycles. The van der Waals surface area contributed by atoms with Gasteiger partial charge in [-0.2, -0.15) is 0 Å². The maximum atomic E-state index is 13.0. The molecule has 1 saturated heterocycles. The molecule has 1 aliphatic carbocycles. The first-order valence-corrected chi connectivity index (χ1v) is 9.13. The number of ketones is 1. The molecule has 7 heteroatoms. The SMILES string of the molecule is COc1ccc([C@H]2CC(=O)c3cc4c(cc3C23OCCO3)OCO4)cc1OC. The van der Waals surface area contributed by atoms with E-state index in [9.17, 15) is 4.79 Å². The third-order valence-electron chi connectivity index (χ3n) is 5.56. The largest absolute Gasteiger partial charge is 0.493 e. The second-order valence-electron chi connectivity index (χ2n) is 6.91. The Kier molecular flexibility index (Phi) is 3.96. The van der Waals surface area contributed by atoms with Crippen molar-refractivity contribution < 1.29 is 33.2 Å². The lowest BCUT2D eigenvalue weighted by Gasteiger charge is -2.40. The van der Waals surface area contributed by atoms with Gasteiger partial charge in [-0.25, -0.2) is 0 Å². The molecule has 1 fully saturated rings. The summed E-state index contributed by atoms with van der Waals surface area (Å²) in [5, 5.41) is 0. The van der Waals surface area contributed by atoms with Crippen molar-refractivity contribution in [2.24, 2.45) is 0 Å². The number of methoxy groups -OCH3 is 2. The smallest absolute Gasteiger partial charge is 0.231 e. The van der Waals surface area contributed by atoms with Gasteiger partial charge in [0.15, 0.2) is 28.8 Å². The van der Waals surface area contributed by atoms with Crippen LogP contribution in [0.4, 0.5) is 0 Å². The summed E-state index contributed by atoms with van der Waals surface area (Å²) in [7, 11) is 3.17. The summed E-state index contributed by atoms with van der Waals surface area (Å²) < 4.78 is 34.1. The van der Waals surface area contributed by atoms with Crippen LogP contribution in [0.2, 0.25) is 0 Å². The van der Waals surface area contributed by atoms with Crippen LogP contribution >= 0.6 is 0 Å². The van der Waals surface area contributed by atoms with Crippen LogP contribution in [-0.4, -0.2) is 40.0 Å². The molecule has 0 aromatic heterocycles. The van der Waals surface area contributed by atoms with E-state index in [4.69, 9.17) is 28.4 Å². The van der Waals surface area contributed by atoms with Gasteiger partial charge in [0.1, 0.15) is 0 Å². The Hall–Kier alpha value is -2.77. The lowest BCUT2D eigenvalue weighted by Crippen LogP contribution is -2.41. The topological polar surface area (TPSA) is 72.5 Å². The van der Waals surface area contributed by atoms with E-state index in [-0.39, 0.29) is 24.9 Å². The summed E-state index contributed by atoms with van der Waals surface area (Å²) in [6.07, 6.45) is 0.252. The highest BCUT2D eigenvalue weighted by Gasteiger charge is 2.53. The first kappa shape index (κ1) is 17.3. The number of hydrogen-bond donors (Lipinski definition) is 0. The molecule has 0 saturated carbocycles. The zero-order chi connectivity index (χ0) is 19.3. The summed E-state index contributed by atoms with van der Waals surface area (Å²) in [5.41, 5.74) is 2.13. The Bertz CT molecular complexity index is 946. The minimum atomic E-state index is -1.05. The molecule has 28 heavy (non-hydrogen) atoms. The standard InChI is InChI=1S/C21H20O7/c1-23-17-4-3-12(7-18(17)24-2)14-9-16(22)13-8-19-20(26-11-25-19)10-15(13)21(14)27-5-6-28-21/h3-4,7-8,10,14H,5-6,9,11H2,1-2H3/t14-/m1/s1. The van der Waals surface area contributed by atoms with Crippen LogP contribution < -0.4 is 18.9 Å². The van der Waals surface area contributed by atoms with Crippen molar-refractivity contribution in [3.63, 3.8) is 0 Å². The quantitative estimate of drug-likeness (QED) is 0.805. The monoisotopic (exact) mass is 384 g/mol. The van der Waals surface area contributed by atoms with Gasteiger partial charge in [0.2, 0.25) is 12.6 Å². The zero-order valence-electron chi connectivity index (χ0n) is 15.7. The molecule has 2 aromatic carbocycles. The molecule has 0 bridgehead atoms. The fourth-order valence-electron chi connectivity index (χ4n) is 4.27. The summed E-state index contributed by atoms with van der Waals surface area (Å²) in [6.45, 7) is 1.04. The first-order valence-electron chi connectivity index (χ1n) is 9.13. The van der Waals surface area contributed by atoms with Crippen LogP contribution in [0.15, 0.2) is 30.3 Å². The van der Waals surface area contributed by atoms with Crippen LogP contribution in [-0.2, 0) is 15.3 Å². The molecule has 2 aromatic rings. The van der Waals surface area contributed by atoms with Crippen molar-refractivity contribution in [3.05, 3.63) is 47.0 Å². The van der Waals surface area contributed by atoms with Gasteiger partial charge in [0.25, 0.3) is 0 Å². The second kappa shape index (κ2) is 6.39. The third-order valence-corrected chi connectivity index (χ3v) is 5.56. The minimum Gasteiger partial charge on any atom is -0.493 e. The average Bonchev–Trinajstić information content (AvgIpc) is 3.39. The second-order valence-corrected chi connectivity index (χ2v) is 6.91. The third kappa shape index (κ3) is 2.40. The lowest BCUT2D eigenvalue weighted by molar-refractivity contribution is -0.186. The summed E-state index contributed by atoms with van der Waals surface area (Å²) in [6, 6.07) is 9.17. The van der Waals surface area contributed by atoms with E-state index in [1.165, 1.54) is 0 Å². The molecule has 2 aliphatic heterocycles. The molecule has 0 unspecified atom stereocenters. The predicted molar refractivity (Wildman–Crippen MR) is 97.4 cm³/mol. The van der Waals surface area contributed by atoms with Crippen molar-refractivity contribution in [2.75, 3.05) is 34.2 Å². The molecule has 0 N–H and O–H groups in total. The Morgan fingerprint density at radius 1 is 0.964 bits per heavy atom. The minimum absolute atomic E-state index is 0.0119. The molecule has 5 rings (SSSR count). The highest BCUT2D eigenvalue weighted by atomic mass is 16.7. The van der Waals surface area contributed by atoms with Crippen LogP contribution in [0.3, 0.4) is 0 Å². The maximum absolute atomic E-state index is 13.0. The Labute approximate surface area is 162 Å². The fraction of sp³-hybridized carbons (Fsp3) is 0.381. The highest BCUT2D eigenvalue weighted by Crippen LogP contribution is 2.53. The van der Waals surface area contributed by atoms with Crippen LogP contribution in [0.5, 0.6) is 23.0 Å². The van der Waals surface area contributed by atoms with Crippen LogP contribution in [0.25, 0.3) is 0 Å².